The molecule has 1 aromatic carbocycles. The van der Waals surface area contributed by atoms with E-state index in [0.29, 0.717) is 5.56 Å². The minimum atomic E-state index is -0.813. The third-order valence-electron chi connectivity index (χ3n) is 3.56. The molecule has 1 N–H and O–H groups in total. The summed E-state index contributed by atoms with van der Waals surface area (Å²) < 4.78 is 0. The van der Waals surface area contributed by atoms with Gasteiger partial charge in [0.25, 0.3) is 5.69 Å². The van der Waals surface area contributed by atoms with Crippen LogP contribution in [0.3, 0.4) is 0 Å². The maximum atomic E-state index is 11.1. The molecule has 0 radical (unpaired) electrons. The van der Waals surface area contributed by atoms with E-state index >= 15 is 0 Å². The molecule has 0 aliphatic heterocycles. The first-order valence-corrected chi connectivity index (χ1v) is 6.16. The predicted octanol–water partition coefficient (Wildman–Crippen LogP) is 3.26. The molecular weight excluding hydrogens is 252 g/mol. The van der Waals surface area contributed by atoms with Crippen molar-refractivity contribution in [2.45, 2.75) is 38.0 Å². The first kappa shape index (κ1) is 13.3. The lowest BCUT2D eigenvalue weighted by molar-refractivity contribution is -0.395. The normalized spacial score (nSPS) is 16.2. The van der Waals surface area contributed by atoms with Crippen LogP contribution < -0.4 is 0 Å². The predicted molar refractivity (Wildman–Crippen MR) is 67.2 cm³/mol. The Morgan fingerprint density at radius 2 is 1.58 bits per heavy atom. The summed E-state index contributed by atoms with van der Waals surface area (Å²) in [5, 5.41) is 31.4. The van der Waals surface area contributed by atoms with Crippen LogP contribution in [0.15, 0.2) is 12.1 Å². The zero-order chi connectivity index (χ0) is 14.0. The fraction of sp³-hybridized carbons (Fsp3) is 0.500. The lowest BCUT2D eigenvalue weighted by Gasteiger charge is -2.21. The highest BCUT2D eigenvalue weighted by molar-refractivity contribution is 5.58. The number of phenols is 1. The van der Waals surface area contributed by atoms with E-state index in [2.05, 4.69) is 0 Å². The number of rotatable bonds is 3. The number of benzene rings is 1. The van der Waals surface area contributed by atoms with Gasteiger partial charge in [-0.3, -0.25) is 20.2 Å². The highest BCUT2D eigenvalue weighted by Crippen LogP contribution is 2.42. The average Bonchev–Trinajstić information content (AvgIpc) is 2.38. The van der Waals surface area contributed by atoms with Crippen molar-refractivity contribution in [3.05, 3.63) is 37.9 Å². The van der Waals surface area contributed by atoms with E-state index in [1.165, 1.54) is 6.07 Å². The molecule has 1 aliphatic rings. The van der Waals surface area contributed by atoms with E-state index < -0.39 is 21.3 Å². The number of nitro groups is 2. The number of nitrogens with zero attached hydrogens (tertiary/aromatic N) is 2. The van der Waals surface area contributed by atoms with Crippen LogP contribution in [0.5, 0.6) is 5.75 Å². The SMILES string of the molecule is O=[N+]([O-])c1cc([N+](=O)[O-])c(C2CCCCC2)cc1O. The van der Waals surface area contributed by atoms with Crippen molar-refractivity contribution in [1.82, 2.24) is 0 Å². The van der Waals surface area contributed by atoms with Crippen LogP contribution in [0.4, 0.5) is 11.4 Å². The number of hydrogen-bond acceptors (Lipinski definition) is 5. The summed E-state index contributed by atoms with van der Waals surface area (Å²) >= 11 is 0. The van der Waals surface area contributed by atoms with Crippen LogP contribution in [-0.4, -0.2) is 15.0 Å². The van der Waals surface area contributed by atoms with Crippen LogP contribution in [-0.2, 0) is 0 Å². The first-order chi connectivity index (χ1) is 9.00. The van der Waals surface area contributed by atoms with Gasteiger partial charge in [0.05, 0.1) is 15.9 Å². The van der Waals surface area contributed by atoms with Crippen molar-refractivity contribution < 1.29 is 15.0 Å². The van der Waals surface area contributed by atoms with Gasteiger partial charge in [0.2, 0.25) is 0 Å². The lowest BCUT2D eigenvalue weighted by atomic mass is 9.83. The molecular formula is C12H14N2O5. The zero-order valence-corrected chi connectivity index (χ0v) is 10.2. The molecule has 1 saturated carbocycles. The molecule has 1 aliphatic carbocycles. The van der Waals surface area contributed by atoms with Crippen molar-refractivity contribution in [2.24, 2.45) is 0 Å². The average molecular weight is 266 g/mol. The van der Waals surface area contributed by atoms with Gasteiger partial charge in [-0.15, -0.1) is 0 Å². The van der Waals surface area contributed by atoms with Crippen molar-refractivity contribution in [3.63, 3.8) is 0 Å². The van der Waals surface area contributed by atoms with Gasteiger partial charge in [0, 0.05) is 5.56 Å². The largest absolute Gasteiger partial charge is 0.502 e. The maximum absolute atomic E-state index is 11.1. The molecule has 1 aromatic rings. The zero-order valence-electron chi connectivity index (χ0n) is 10.2. The molecule has 0 atom stereocenters. The molecule has 0 aromatic heterocycles. The van der Waals surface area contributed by atoms with Crippen molar-refractivity contribution in [1.29, 1.82) is 0 Å². The minimum absolute atomic E-state index is 0.000791. The summed E-state index contributed by atoms with van der Waals surface area (Å²) in [7, 11) is 0. The molecule has 102 valence electrons. The molecule has 0 saturated heterocycles. The van der Waals surface area contributed by atoms with E-state index in [-0.39, 0.29) is 11.6 Å². The Morgan fingerprint density at radius 1 is 1.00 bits per heavy atom. The van der Waals surface area contributed by atoms with Crippen LogP contribution in [0.25, 0.3) is 0 Å². The van der Waals surface area contributed by atoms with Crippen LogP contribution in [0.2, 0.25) is 0 Å². The Balaban J connectivity index is 2.49. The second-order valence-corrected chi connectivity index (χ2v) is 4.75. The standard InChI is InChI=1S/C12H14N2O5/c15-12-6-9(8-4-2-1-3-5-8)10(13(16)17)7-11(12)14(18)19/h6-8,15H,1-5H2. The highest BCUT2D eigenvalue weighted by Gasteiger charge is 2.29. The van der Waals surface area contributed by atoms with E-state index in [1.54, 1.807) is 0 Å². The number of aromatic hydroxyl groups is 1. The summed E-state index contributed by atoms with van der Waals surface area (Å²) in [4.78, 5) is 20.3. The van der Waals surface area contributed by atoms with Gasteiger partial charge in [-0.05, 0) is 24.8 Å². The van der Waals surface area contributed by atoms with Gasteiger partial charge < -0.3 is 5.11 Å². The number of hydrogen-bond donors (Lipinski definition) is 1. The molecule has 0 heterocycles. The summed E-state index contributed by atoms with van der Waals surface area (Å²) in [5.41, 5.74) is -0.476. The molecule has 0 bridgehead atoms. The van der Waals surface area contributed by atoms with Gasteiger partial charge in [-0.2, -0.15) is 0 Å². The molecule has 1 fully saturated rings. The van der Waals surface area contributed by atoms with Crippen molar-refractivity contribution >= 4 is 11.4 Å². The summed E-state index contributed by atoms with van der Waals surface area (Å²) in [6.45, 7) is 0. The minimum Gasteiger partial charge on any atom is -0.502 e. The fourth-order valence-electron chi connectivity index (χ4n) is 2.63. The van der Waals surface area contributed by atoms with Crippen LogP contribution in [0.1, 0.15) is 43.6 Å². The van der Waals surface area contributed by atoms with Crippen molar-refractivity contribution in [3.8, 4) is 5.75 Å². The quantitative estimate of drug-likeness (QED) is 0.667. The van der Waals surface area contributed by atoms with Gasteiger partial charge in [0.1, 0.15) is 0 Å². The van der Waals surface area contributed by atoms with Gasteiger partial charge in [-0.25, -0.2) is 0 Å². The van der Waals surface area contributed by atoms with E-state index in [9.17, 15) is 25.3 Å². The lowest BCUT2D eigenvalue weighted by Crippen LogP contribution is -2.08. The summed E-state index contributed by atoms with van der Waals surface area (Å²) in [6, 6.07) is 2.05. The molecule has 2 rings (SSSR count). The van der Waals surface area contributed by atoms with Gasteiger partial charge >= 0.3 is 5.69 Å². The number of nitro benzene ring substituents is 2. The first-order valence-electron chi connectivity index (χ1n) is 6.16. The fourth-order valence-corrected chi connectivity index (χ4v) is 2.63. The topological polar surface area (TPSA) is 107 Å². The summed E-state index contributed by atoms with van der Waals surface area (Å²) in [6.07, 6.45) is 4.71. The molecule has 7 heteroatoms. The van der Waals surface area contributed by atoms with Gasteiger partial charge in [-0.1, -0.05) is 19.3 Å². The molecule has 7 nitrogen and oxygen atoms in total. The summed E-state index contributed by atoms with van der Waals surface area (Å²) in [5.74, 6) is -0.503. The molecule has 0 amide bonds. The Morgan fingerprint density at radius 3 is 2.11 bits per heavy atom. The van der Waals surface area contributed by atoms with E-state index in [1.807, 2.05) is 0 Å². The Bertz CT molecular complexity index is 523. The molecule has 0 spiro atoms. The van der Waals surface area contributed by atoms with Crippen molar-refractivity contribution in [2.75, 3.05) is 0 Å². The third-order valence-corrected chi connectivity index (χ3v) is 3.56. The smallest absolute Gasteiger partial charge is 0.317 e. The second-order valence-electron chi connectivity index (χ2n) is 4.75. The number of phenolic OH excluding ortho intramolecular Hbond substituents is 1. The van der Waals surface area contributed by atoms with E-state index in [4.69, 9.17) is 0 Å². The van der Waals surface area contributed by atoms with Gasteiger partial charge in [0.15, 0.2) is 5.75 Å². The third kappa shape index (κ3) is 2.64. The molecule has 19 heavy (non-hydrogen) atoms. The Kier molecular flexibility index (Phi) is 3.64. The second kappa shape index (κ2) is 5.21. The van der Waals surface area contributed by atoms with Crippen LogP contribution in [0, 0.1) is 20.2 Å². The maximum Gasteiger partial charge on any atom is 0.317 e. The Hall–Kier alpha value is -2.18. The van der Waals surface area contributed by atoms with Crippen LogP contribution >= 0.6 is 0 Å². The molecule has 0 unspecified atom stereocenters. The highest BCUT2D eigenvalue weighted by atomic mass is 16.6. The monoisotopic (exact) mass is 266 g/mol. The Labute approximate surface area is 109 Å². The van der Waals surface area contributed by atoms with E-state index in [0.717, 1.165) is 38.2 Å².